The van der Waals surface area contributed by atoms with Crippen molar-refractivity contribution in [2.45, 2.75) is 9.79 Å². The van der Waals surface area contributed by atoms with E-state index in [4.69, 9.17) is 0 Å². The Balaban J connectivity index is 0.00000363. The molecular weight excluding hydrogens is 525 g/mol. The Morgan fingerprint density at radius 1 is 1.00 bits per heavy atom. The number of aromatic carboxylic acids is 1. The van der Waals surface area contributed by atoms with Gasteiger partial charge in [-0.1, -0.05) is 0 Å². The first-order chi connectivity index (χ1) is 14.7. The van der Waals surface area contributed by atoms with Crippen molar-refractivity contribution in [3.63, 3.8) is 0 Å². The maximum absolute atomic E-state index is 12.6. The molecule has 0 bridgehead atoms. The number of nitrogens with zero attached hydrogens (tertiary/aromatic N) is 3. The van der Waals surface area contributed by atoms with E-state index in [1.54, 1.807) is 0 Å². The van der Waals surface area contributed by atoms with Crippen LogP contribution in [0.25, 0.3) is 5.69 Å². The van der Waals surface area contributed by atoms with Crippen molar-refractivity contribution < 1.29 is 126 Å². The Hall–Kier alpha value is -0.340. The zero-order chi connectivity index (χ0) is 22.6. The molecule has 0 saturated carbocycles. The average molecular weight is 534 g/mol. The summed E-state index contributed by atoms with van der Waals surface area (Å²) < 4.78 is 38.0. The average Bonchev–Trinajstić information content (AvgIpc) is 3.07. The van der Waals surface area contributed by atoms with Gasteiger partial charge in [0.05, 0.1) is 34.3 Å². The molecule has 0 amide bonds. The second-order valence-electron chi connectivity index (χ2n) is 5.62. The first kappa shape index (κ1) is 33.7. The van der Waals surface area contributed by atoms with Crippen LogP contribution in [-0.4, -0.2) is 28.7 Å². The first-order valence-electron chi connectivity index (χ1n) is 7.98. The molecule has 2 aromatic carbocycles. The second kappa shape index (κ2) is 15.0. The molecule has 13 nitrogen and oxygen atoms in total. The predicted octanol–water partition coefficient (Wildman–Crippen LogP) is -8.91. The molecule has 1 N–H and O–H groups in total. The third-order valence-corrected chi connectivity index (χ3v) is 5.15. The quantitative estimate of drug-likeness (QED) is 0.0722. The molecule has 1 aromatic heterocycles. The van der Waals surface area contributed by atoms with Crippen molar-refractivity contribution in [2.75, 3.05) is 0 Å². The maximum atomic E-state index is 12.6. The van der Waals surface area contributed by atoms with Crippen LogP contribution in [0.4, 0.5) is 11.4 Å². The van der Waals surface area contributed by atoms with Crippen LogP contribution in [0.3, 0.4) is 0 Å². The fourth-order valence-corrected chi connectivity index (χ4v) is 3.16. The molecule has 0 fully saturated rings. The van der Waals surface area contributed by atoms with Crippen LogP contribution in [0, 0.1) is 0 Å². The van der Waals surface area contributed by atoms with Gasteiger partial charge in [-0.05, 0) is 48.5 Å². The van der Waals surface area contributed by atoms with Crippen molar-refractivity contribution in [2.24, 2.45) is 10.2 Å². The SMILES string of the molecule is O=C([O-])c1[nH]n(-c2ccc(S(=O)(=O)[O-])cc2)c(=O)c1N=Nc1ccc(SOO[O-])cc1.[Na+].[Na+].[Na+]. The number of carbonyl (C=O) groups is 1. The van der Waals surface area contributed by atoms with E-state index in [9.17, 15) is 32.9 Å². The number of aromatic amines is 1. The van der Waals surface area contributed by atoms with E-state index in [1.807, 2.05) is 0 Å². The summed E-state index contributed by atoms with van der Waals surface area (Å²) in [5.41, 5.74) is -1.85. The number of H-pyrrole nitrogens is 1. The molecule has 3 aromatic rings. The van der Waals surface area contributed by atoms with Crippen LogP contribution in [0.5, 0.6) is 0 Å². The fourth-order valence-electron chi connectivity index (χ4n) is 2.34. The summed E-state index contributed by atoms with van der Waals surface area (Å²) in [7, 11) is -4.69. The fraction of sp³-hybridized carbons (Fsp3) is 0. The molecule has 0 radical (unpaired) electrons. The van der Waals surface area contributed by atoms with Crippen molar-refractivity contribution >= 4 is 39.5 Å². The van der Waals surface area contributed by atoms with E-state index in [2.05, 4.69) is 24.7 Å². The summed E-state index contributed by atoms with van der Waals surface area (Å²) >= 11 is 0.647. The van der Waals surface area contributed by atoms with Gasteiger partial charge in [-0.25, -0.2) is 13.1 Å². The van der Waals surface area contributed by atoms with Gasteiger partial charge >= 0.3 is 88.7 Å². The van der Waals surface area contributed by atoms with Crippen molar-refractivity contribution in [3.05, 3.63) is 64.6 Å². The zero-order valence-corrected chi connectivity index (χ0v) is 25.6. The first-order valence-corrected chi connectivity index (χ1v) is 10.1. The van der Waals surface area contributed by atoms with E-state index in [0.29, 0.717) is 16.9 Å². The van der Waals surface area contributed by atoms with E-state index in [1.165, 1.54) is 24.3 Å². The van der Waals surface area contributed by atoms with Crippen LogP contribution >= 0.6 is 12.0 Å². The molecule has 0 saturated heterocycles. The largest absolute Gasteiger partial charge is 1.00 e. The number of hydrogen-bond donors (Lipinski definition) is 1. The number of carboxylic acid groups (broad SMARTS) is 1. The minimum atomic E-state index is -4.69. The van der Waals surface area contributed by atoms with Crippen LogP contribution < -0.4 is 105 Å². The molecule has 18 heteroatoms. The molecule has 0 aliphatic rings. The Morgan fingerprint density at radius 3 is 2.09 bits per heavy atom. The Morgan fingerprint density at radius 2 is 1.59 bits per heavy atom. The number of aromatic nitrogens is 2. The summed E-state index contributed by atoms with van der Waals surface area (Å²) in [5, 5.41) is 34.2. The van der Waals surface area contributed by atoms with Gasteiger partial charge in [0, 0.05) is 4.90 Å². The normalized spacial score (nSPS) is 10.8. The molecule has 34 heavy (non-hydrogen) atoms. The number of nitrogens with one attached hydrogen (secondary N) is 1. The van der Waals surface area contributed by atoms with Crippen molar-refractivity contribution in [1.82, 2.24) is 9.78 Å². The van der Waals surface area contributed by atoms with E-state index >= 15 is 0 Å². The third kappa shape index (κ3) is 8.65. The van der Waals surface area contributed by atoms with Gasteiger partial charge in [-0.2, -0.15) is 9.45 Å². The second-order valence-corrected chi connectivity index (χ2v) is 7.78. The van der Waals surface area contributed by atoms with Crippen LogP contribution in [0.15, 0.2) is 73.3 Å². The van der Waals surface area contributed by atoms with Crippen LogP contribution in [0.2, 0.25) is 0 Å². The molecule has 0 aliphatic carbocycles. The molecule has 162 valence electrons. The molecular formula is C16H9N4Na3O9S2. The van der Waals surface area contributed by atoms with Gasteiger partial charge in [-0.3, -0.25) is 14.9 Å². The Bertz CT molecular complexity index is 1290. The van der Waals surface area contributed by atoms with E-state index in [0.717, 1.165) is 28.9 Å². The minimum Gasteiger partial charge on any atom is -0.744 e. The standard InChI is InChI=1S/C16H12N4O9S2.3Na/c21-15-13(18-17-9-1-5-11(6-2-9)30-29-28-24)14(16(22)23)19-20(15)10-3-7-12(8-4-10)31(25,26)27;;;/h1-8,19,24H,(H,22,23)(H,25,26,27);;;/q;3*+1/p-3. The summed E-state index contributed by atoms with van der Waals surface area (Å²) in [5.74, 6) is -1.73. The molecule has 1 heterocycles. The molecule has 0 atom stereocenters. The molecule has 0 spiro atoms. The van der Waals surface area contributed by atoms with E-state index in [-0.39, 0.29) is 100 Å². The summed E-state index contributed by atoms with van der Waals surface area (Å²) in [6, 6.07) is 10.1. The summed E-state index contributed by atoms with van der Waals surface area (Å²) in [6.07, 6.45) is 0. The Kier molecular flexibility index (Phi) is 14.9. The Labute approximate surface area is 262 Å². The summed E-state index contributed by atoms with van der Waals surface area (Å²) in [6.45, 7) is 0. The van der Waals surface area contributed by atoms with Crippen molar-refractivity contribution in [3.8, 4) is 5.69 Å². The minimum absolute atomic E-state index is 0. The van der Waals surface area contributed by atoms with Gasteiger partial charge < -0.3 is 19.7 Å². The molecule has 0 aliphatic heterocycles. The third-order valence-electron chi connectivity index (χ3n) is 3.71. The maximum Gasteiger partial charge on any atom is 1.00 e. The van der Waals surface area contributed by atoms with Gasteiger partial charge in [0.15, 0.2) is 5.69 Å². The van der Waals surface area contributed by atoms with E-state index < -0.39 is 37.9 Å². The topological polar surface area (TPSA) is 201 Å². The predicted molar refractivity (Wildman–Crippen MR) is 97.3 cm³/mol. The molecule has 3 rings (SSSR count). The van der Waals surface area contributed by atoms with Crippen molar-refractivity contribution in [1.29, 1.82) is 0 Å². The smallest absolute Gasteiger partial charge is 0.744 e. The number of azo groups is 1. The number of hydrogen-bond acceptors (Lipinski definition) is 12. The van der Waals surface area contributed by atoms with Crippen LogP contribution in [0.1, 0.15) is 10.5 Å². The van der Waals surface area contributed by atoms with Gasteiger partial charge in [-0.15, -0.1) is 5.11 Å². The number of benzene rings is 2. The monoisotopic (exact) mass is 534 g/mol. The van der Waals surface area contributed by atoms with Crippen LogP contribution in [-0.2, 0) is 19.5 Å². The van der Waals surface area contributed by atoms with Gasteiger partial charge in [0.25, 0.3) is 5.56 Å². The number of carboxylic acids is 1. The van der Waals surface area contributed by atoms with Gasteiger partial charge in [0.1, 0.15) is 15.8 Å². The zero-order valence-electron chi connectivity index (χ0n) is 18.0. The number of rotatable bonds is 8. The van der Waals surface area contributed by atoms with Gasteiger partial charge in [0.2, 0.25) is 0 Å². The number of carbonyl (C=O) groups excluding carboxylic acids is 1. The molecule has 0 unspecified atom stereocenters. The summed E-state index contributed by atoms with van der Waals surface area (Å²) in [4.78, 5) is 24.0.